The van der Waals surface area contributed by atoms with Gasteiger partial charge in [0.15, 0.2) is 5.58 Å². The molecule has 0 atom stereocenters. The Morgan fingerprint density at radius 2 is 1.02 bits per heavy atom. The second-order valence-corrected chi connectivity index (χ2v) is 16.9. The first-order valence-corrected chi connectivity index (χ1v) is 21.5. The van der Waals surface area contributed by atoms with Gasteiger partial charge in [0.25, 0.3) is 0 Å². The maximum absolute atomic E-state index is 6.98. The summed E-state index contributed by atoms with van der Waals surface area (Å²) in [5.74, 6) is 0. The van der Waals surface area contributed by atoms with Gasteiger partial charge in [-0.1, -0.05) is 163 Å². The molecule has 11 aromatic rings. The Morgan fingerprint density at radius 1 is 0.419 bits per heavy atom. The molecule has 62 heavy (non-hydrogen) atoms. The Kier molecular flexibility index (Phi) is 7.36. The molecule has 2 heterocycles. The van der Waals surface area contributed by atoms with Crippen molar-refractivity contribution < 1.29 is 4.42 Å². The van der Waals surface area contributed by atoms with E-state index in [0.29, 0.717) is 0 Å². The average Bonchev–Trinajstić information content (AvgIpc) is 3.86. The van der Waals surface area contributed by atoms with Crippen molar-refractivity contribution in [2.75, 3.05) is 9.80 Å². The fourth-order valence-corrected chi connectivity index (χ4v) is 11.0. The normalized spacial score (nSPS) is 13.4. The molecule has 1 aliphatic heterocycles. The van der Waals surface area contributed by atoms with Crippen LogP contribution in [0.25, 0.3) is 54.6 Å². The van der Waals surface area contributed by atoms with E-state index < -0.39 is 5.41 Å². The Hall–Kier alpha value is -7.88. The molecule has 3 heteroatoms. The smallest absolute Gasteiger partial charge is 0.159 e. The van der Waals surface area contributed by atoms with Crippen LogP contribution >= 0.6 is 0 Å². The largest absolute Gasteiger partial charge is 0.454 e. The van der Waals surface area contributed by atoms with Crippen LogP contribution in [0, 0.1) is 13.8 Å². The minimum atomic E-state index is -0.659. The van der Waals surface area contributed by atoms with Crippen molar-refractivity contribution in [2.45, 2.75) is 19.3 Å². The topological polar surface area (TPSA) is 19.6 Å². The number of rotatable bonds is 4. The summed E-state index contributed by atoms with van der Waals surface area (Å²) >= 11 is 0. The minimum absolute atomic E-state index is 0.659. The van der Waals surface area contributed by atoms with Gasteiger partial charge in [-0.05, 0) is 117 Å². The summed E-state index contributed by atoms with van der Waals surface area (Å²) in [6.07, 6.45) is 0. The van der Waals surface area contributed by atoms with Gasteiger partial charge in [0.1, 0.15) is 5.58 Å². The standard InChI is InChI=1S/C59H40N2O/c1-37-30-33-41(34-31-37)61(53-29-15-24-46-45-23-14-16-38(2)57(45)62-58(46)53)54-36-50-56(44-22-9-8-21-43(44)54)55-42-20-7-6-17-39(42)32-35-49(55)59(50)47-25-10-12-27-51(47)60(40-18-4-3-5-19-40)52-28-13-11-26-48(52)59/h3-36H,1-2H3. The first kappa shape index (κ1) is 34.9. The maximum atomic E-state index is 6.98. The number of fused-ring (bicyclic) bond motifs is 16. The van der Waals surface area contributed by atoms with Crippen molar-refractivity contribution in [1.82, 2.24) is 0 Å². The highest BCUT2D eigenvalue weighted by molar-refractivity contribution is 6.18. The molecule has 0 unspecified atom stereocenters. The van der Waals surface area contributed by atoms with Gasteiger partial charge in [-0.25, -0.2) is 0 Å². The van der Waals surface area contributed by atoms with Gasteiger partial charge >= 0.3 is 0 Å². The van der Waals surface area contributed by atoms with Crippen molar-refractivity contribution in [1.29, 1.82) is 0 Å². The molecule has 0 saturated heterocycles. The van der Waals surface area contributed by atoms with Gasteiger partial charge in [0.2, 0.25) is 0 Å². The van der Waals surface area contributed by atoms with Crippen molar-refractivity contribution in [3.8, 4) is 11.1 Å². The second kappa shape index (κ2) is 13.1. The predicted octanol–water partition coefficient (Wildman–Crippen LogP) is 16.1. The third-order valence-corrected chi connectivity index (χ3v) is 13.6. The highest BCUT2D eigenvalue weighted by atomic mass is 16.3. The molecule has 1 aliphatic carbocycles. The lowest BCUT2D eigenvalue weighted by atomic mass is 9.64. The summed E-state index contributed by atoms with van der Waals surface area (Å²) < 4.78 is 6.98. The molecule has 292 valence electrons. The molecule has 0 bridgehead atoms. The summed E-state index contributed by atoms with van der Waals surface area (Å²) in [5, 5.41) is 7.13. The lowest BCUT2D eigenvalue weighted by Gasteiger charge is -2.45. The Balaban J connectivity index is 1.21. The van der Waals surface area contributed by atoms with E-state index in [1.54, 1.807) is 0 Å². The molecule has 1 spiro atoms. The van der Waals surface area contributed by atoms with Crippen LogP contribution in [-0.4, -0.2) is 0 Å². The number of hydrogen-bond donors (Lipinski definition) is 0. The summed E-state index contributed by atoms with van der Waals surface area (Å²) in [7, 11) is 0. The fraction of sp³-hybridized carbons (Fsp3) is 0.0508. The fourth-order valence-electron chi connectivity index (χ4n) is 11.0. The molecule has 0 N–H and O–H groups in total. The lowest BCUT2D eigenvalue weighted by Crippen LogP contribution is -2.36. The van der Waals surface area contributed by atoms with E-state index >= 15 is 0 Å². The van der Waals surface area contributed by atoms with Crippen LogP contribution < -0.4 is 9.80 Å². The van der Waals surface area contributed by atoms with E-state index in [4.69, 9.17) is 4.42 Å². The van der Waals surface area contributed by atoms with Crippen molar-refractivity contribution in [3.05, 3.63) is 240 Å². The molecule has 0 saturated carbocycles. The number of aryl methyl sites for hydroxylation is 2. The number of furan rings is 1. The summed E-state index contributed by atoms with van der Waals surface area (Å²) in [6.45, 7) is 4.29. The van der Waals surface area contributed by atoms with E-state index in [2.05, 4.69) is 230 Å². The minimum Gasteiger partial charge on any atom is -0.454 e. The average molecular weight is 793 g/mol. The molecule has 0 fully saturated rings. The molecule has 10 aromatic carbocycles. The van der Waals surface area contributed by atoms with E-state index in [9.17, 15) is 0 Å². The second-order valence-electron chi connectivity index (χ2n) is 16.9. The quantitative estimate of drug-likeness (QED) is 0.177. The van der Waals surface area contributed by atoms with Gasteiger partial charge in [-0.15, -0.1) is 0 Å². The van der Waals surface area contributed by atoms with Crippen LogP contribution in [0.1, 0.15) is 33.4 Å². The molecular weight excluding hydrogens is 753 g/mol. The molecule has 2 aliphatic rings. The zero-order valence-corrected chi connectivity index (χ0v) is 34.4. The van der Waals surface area contributed by atoms with Gasteiger partial charge in [-0.3, -0.25) is 0 Å². The first-order chi connectivity index (χ1) is 30.6. The molecule has 13 rings (SSSR count). The highest BCUT2D eigenvalue weighted by Gasteiger charge is 2.53. The number of nitrogens with zero attached hydrogens (tertiary/aromatic N) is 2. The van der Waals surface area contributed by atoms with Gasteiger partial charge in [-0.2, -0.15) is 0 Å². The molecule has 3 nitrogen and oxygen atoms in total. The third-order valence-electron chi connectivity index (χ3n) is 13.6. The molecule has 0 radical (unpaired) electrons. The summed E-state index contributed by atoms with van der Waals surface area (Å²) in [4.78, 5) is 4.91. The number of benzene rings is 10. The number of anilines is 6. The van der Waals surface area contributed by atoms with Crippen molar-refractivity contribution in [2.24, 2.45) is 0 Å². The van der Waals surface area contributed by atoms with E-state index in [-0.39, 0.29) is 0 Å². The molecule has 0 amide bonds. The van der Waals surface area contributed by atoms with Crippen LogP contribution in [0.15, 0.2) is 211 Å². The summed E-state index contributed by atoms with van der Waals surface area (Å²) in [5.41, 5.74) is 17.8. The van der Waals surface area contributed by atoms with Gasteiger partial charge in [0, 0.05) is 27.5 Å². The Labute approximate surface area is 360 Å². The van der Waals surface area contributed by atoms with Crippen LogP contribution in [0.4, 0.5) is 34.1 Å². The lowest BCUT2D eigenvalue weighted by molar-refractivity contribution is 0.666. The zero-order chi connectivity index (χ0) is 41.1. The van der Waals surface area contributed by atoms with Crippen molar-refractivity contribution >= 4 is 77.6 Å². The first-order valence-electron chi connectivity index (χ1n) is 21.5. The number of para-hydroxylation sites is 5. The van der Waals surface area contributed by atoms with E-state index in [0.717, 1.165) is 50.3 Å². The maximum Gasteiger partial charge on any atom is 0.159 e. The predicted molar refractivity (Wildman–Crippen MR) is 258 cm³/mol. The Bertz CT molecular complexity index is 3570. The Morgan fingerprint density at radius 3 is 1.77 bits per heavy atom. The van der Waals surface area contributed by atoms with E-state index in [1.165, 1.54) is 71.9 Å². The van der Waals surface area contributed by atoms with Crippen LogP contribution in [-0.2, 0) is 5.41 Å². The number of hydrogen-bond acceptors (Lipinski definition) is 3. The third kappa shape index (κ3) is 4.65. The van der Waals surface area contributed by atoms with Crippen LogP contribution in [0.5, 0.6) is 0 Å². The van der Waals surface area contributed by atoms with Crippen LogP contribution in [0.3, 0.4) is 0 Å². The van der Waals surface area contributed by atoms with Gasteiger partial charge in [0.05, 0.1) is 28.2 Å². The SMILES string of the molecule is Cc1ccc(N(c2cc3c(c4ccccc24)-c2c(ccc4ccccc24)C32c3ccccc3N(c3ccccc3)c3ccccc32)c2cccc3c2oc2c(C)cccc23)cc1. The van der Waals surface area contributed by atoms with Crippen molar-refractivity contribution in [3.63, 3.8) is 0 Å². The van der Waals surface area contributed by atoms with E-state index in [1.807, 2.05) is 0 Å². The summed E-state index contributed by atoms with van der Waals surface area (Å²) in [6, 6.07) is 76.3. The molecular formula is C59H40N2O. The molecule has 1 aromatic heterocycles. The van der Waals surface area contributed by atoms with Crippen LogP contribution in [0.2, 0.25) is 0 Å². The zero-order valence-electron chi connectivity index (χ0n) is 34.4. The monoisotopic (exact) mass is 792 g/mol. The van der Waals surface area contributed by atoms with Gasteiger partial charge < -0.3 is 14.2 Å². The highest BCUT2D eigenvalue weighted by Crippen LogP contribution is 2.66.